The number of rotatable bonds is 51. The molecule has 111 heavy (non-hydrogen) atoms. The fourth-order valence-electron chi connectivity index (χ4n) is 11.3. The number of aliphatic carboxylic acids is 3. The fraction of sp³-hybridized carbons (Fsp3) is 0.577. The van der Waals surface area contributed by atoms with E-state index in [4.69, 9.17) is 34.4 Å². The molecular weight excluding hydrogens is 1470 g/mol. The molecule has 0 spiro atoms. The van der Waals surface area contributed by atoms with Crippen molar-refractivity contribution in [3.05, 3.63) is 65.9 Å². The number of nitrogens with two attached hydrogens (primary N) is 6. The highest BCUT2D eigenvalue weighted by molar-refractivity contribution is 7.80. The number of aliphatic imine (C=N–C) groups is 2. The minimum Gasteiger partial charge on any atom is -0.508 e. The Morgan fingerprint density at radius 2 is 0.874 bits per heavy atom. The molecular formula is C71H112N20O19S. The molecule has 13 atom stereocenters. The number of unbranched alkanes of at least 4 members (excludes halogenated alkanes) is 1. The molecule has 0 fully saturated rings. The normalized spacial score (nSPS) is 14.8. The van der Waals surface area contributed by atoms with Crippen LogP contribution in [0.15, 0.2) is 64.7 Å². The van der Waals surface area contributed by atoms with Gasteiger partial charge in [0.1, 0.15) is 78.3 Å². The molecule has 0 aliphatic carbocycles. The lowest BCUT2D eigenvalue weighted by Gasteiger charge is -2.29. The zero-order valence-electron chi connectivity index (χ0n) is 63.4. The number of aliphatic hydroxyl groups excluding tert-OH is 1. The van der Waals surface area contributed by atoms with E-state index in [0.29, 0.717) is 28.5 Å². The number of guanidine groups is 2. The van der Waals surface area contributed by atoms with Crippen LogP contribution >= 0.6 is 12.6 Å². The zero-order chi connectivity index (χ0) is 83.4. The maximum absolute atomic E-state index is 15.1. The van der Waals surface area contributed by atoms with E-state index in [9.17, 15) is 78.3 Å². The molecule has 0 saturated heterocycles. The van der Waals surface area contributed by atoms with E-state index in [0.717, 1.165) is 0 Å². The SMILES string of the molecule is CC(C)C[C@H](NC(=O)[C@H](Cc1ccc(O)cc1)NC(=O)[C@H](CCCN=C(N)N)NC(=O)[C@H](CCCN=C(N)N)NC(=O)[C@H](CC(C)C)NC(=O)[C@H](Cc1c[nH]c2ccccc12)NC(=O)[C@H](CCC(=O)O)NC(=O)[C@@H](NC(=O)[C@H](CS)NC(=O)[C@@H](N)[C@@H](C)O)C(C)C)C(=O)N[C@@H](CCCCN)C(=O)N[C@@H](CC(=O)O)C(=O)O. The van der Waals surface area contributed by atoms with Crippen molar-refractivity contribution in [1.29, 1.82) is 0 Å². The van der Waals surface area contributed by atoms with Gasteiger partial charge in [0.15, 0.2) is 11.9 Å². The number of benzene rings is 2. The van der Waals surface area contributed by atoms with Crippen LogP contribution in [0, 0.1) is 17.8 Å². The summed E-state index contributed by atoms with van der Waals surface area (Å²) in [7, 11) is 0. The van der Waals surface area contributed by atoms with Gasteiger partial charge in [-0.2, -0.15) is 12.6 Å². The van der Waals surface area contributed by atoms with Crippen LogP contribution in [0.2, 0.25) is 0 Å². The maximum Gasteiger partial charge on any atom is 0.326 e. The number of phenols is 1. The van der Waals surface area contributed by atoms with Crippen molar-refractivity contribution in [3.63, 3.8) is 0 Å². The van der Waals surface area contributed by atoms with Gasteiger partial charge < -0.3 is 123 Å². The van der Waals surface area contributed by atoms with E-state index in [2.05, 4.69) is 86.1 Å². The minimum absolute atomic E-state index is 0.00248. The Hall–Kier alpha value is -10.9. The summed E-state index contributed by atoms with van der Waals surface area (Å²) in [5.41, 5.74) is 35.5. The van der Waals surface area contributed by atoms with E-state index in [1.165, 1.54) is 31.2 Å². The molecule has 0 aliphatic rings. The molecule has 1 aromatic heterocycles. The number of carboxylic acids is 3. The van der Waals surface area contributed by atoms with Crippen molar-refractivity contribution >= 4 is 118 Å². The van der Waals surface area contributed by atoms with Crippen LogP contribution in [0.3, 0.4) is 0 Å². The van der Waals surface area contributed by atoms with Crippen molar-refractivity contribution in [1.82, 2.24) is 63.5 Å². The Morgan fingerprint density at radius 1 is 0.468 bits per heavy atom. The summed E-state index contributed by atoms with van der Waals surface area (Å²) in [4.78, 5) is 205. The summed E-state index contributed by atoms with van der Waals surface area (Å²) in [6.45, 7) is 11.2. The highest BCUT2D eigenvalue weighted by atomic mass is 32.1. The van der Waals surface area contributed by atoms with Crippen molar-refractivity contribution in [2.45, 2.75) is 217 Å². The number of H-pyrrole nitrogens is 1. The molecule has 0 radical (unpaired) electrons. The zero-order valence-corrected chi connectivity index (χ0v) is 64.3. The number of hydrogen-bond acceptors (Lipinski definition) is 21. The van der Waals surface area contributed by atoms with Gasteiger partial charge in [0.2, 0.25) is 65.0 Å². The van der Waals surface area contributed by atoms with Gasteiger partial charge in [0.05, 0.1) is 12.5 Å². The highest BCUT2D eigenvalue weighted by Gasteiger charge is 2.39. The topological polar surface area (TPSA) is 669 Å². The summed E-state index contributed by atoms with van der Waals surface area (Å²) >= 11 is 4.16. The van der Waals surface area contributed by atoms with E-state index in [-0.39, 0.29) is 119 Å². The minimum atomic E-state index is -1.88. The molecule has 29 N–H and O–H groups in total. The van der Waals surface area contributed by atoms with E-state index < -0.39 is 187 Å². The van der Waals surface area contributed by atoms with Gasteiger partial charge in [0.25, 0.3) is 0 Å². The van der Waals surface area contributed by atoms with Gasteiger partial charge in [-0.1, -0.05) is 71.9 Å². The van der Waals surface area contributed by atoms with E-state index >= 15 is 14.4 Å². The first-order valence-corrected chi connectivity index (χ1v) is 37.1. The quantitative estimate of drug-likeness (QED) is 0.0111. The molecule has 0 aliphatic heterocycles. The molecule has 40 heteroatoms. The number of aromatic nitrogens is 1. The second-order valence-corrected chi connectivity index (χ2v) is 28.4. The molecule has 616 valence electrons. The Kier molecular flexibility index (Phi) is 40.7. The first-order chi connectivity index (χ1) is 52.2. The number of carbonyl (C=O) groups is 14. The predicted octanol–water partition coefficient (Wildman–Crippen LogP) is -3.96. The average molecular weight is 1580 g/mol. The van der Waals surface area contributed by atoms with Gasteiger partial charge in [-0.05, 0) is 125 Å². The Bertz CT molecular complexity index is 3700. The number of carboxylic acid groups (broad SMARTS) is 3. The molecule has 0 saturated carbocycles. The predicted molar refractivity (Wildman–Crippen MR) is 412 cm³/mol. The molecule has 3 aromatic rings. The van der Waals surface area contributed by atoms with Gasteiger partial charge in [-0.3, -0.25) is 72.3 Å². The first kappa shape index (κ1) is 94.3. The van der Waals surface area contributed by atoms with Crippen LogP contribution < -0.4 is 92.9 Å². The summed E-state index contributed by atoms with van der Waals surface area (Å²) in [6.07, 6.45) is -2.75. The summed E-state index contributed by atoms with van der Waals surface area (Å²) in [5.74, 6) is -17.8. The number of nitrogens with one attached hydrogen (secondary N) is 12. The molecule has 2 aromatic carbocycles. The summed E-state index contributed by atoms with van der Waals surface area (Å²) in [5, 5.41) is 77.7. The number of carbonyl (C=O) groups excluding carboxylic acids is 11. The standard InChI is InChI=1S/C71H112N20O19S/c1-35(2)28-48(62(102)82-44(16-10-11-25-72)60(100)89-52(69(109)110)32-55(96)97)85-64(104)50(30-39-19-21-41(93)22-20-39)87-59(99)46(18-13-27-79-71(76)77)81-58(98)45(17-12-26-78-70(74)75)83-63(103)49(29-36(3)4)86-65(105)51(31-40-33-80-43-15-9-8-14-42(40)43)88-61(101)47(23-24-54(94)95)84-68(108)57(37(5)6)91-66(106)53(34-111)90-67(107)56(73)38(7)92/h8-9,14-15,19-22,33,35-38,44-53,56-57,80,92-93,111H,10-13,16-18,23-32,34,72-73H2,1-7H3,(H,81,98)(H,82,102)(H,83,103)(H,84,108)(H,85,104)(H,86,105)(H,87,99)(H,88,101)(H,89,100)(H,90,107)(H,91,106)(H,94,95)(H,96,97)(H,109,110)(H4,74,75,78)(H4,76,77,79)/t38-,44+,45+,46+,47+,48+,49+,50+,51+,52+,53+,56+,57+/m1/s1. The molecule has 0 unspecified atom stereocenters. The van der Waals surface area contributed by atoms with Crippen LogP contribution in [0.5, 0.6) is 5.75 Å². The fourth-order valence-corrected chi connectivity index (χ4v) is 11.6. The van der Waals surface area contributed by atoms with Gasteiger partial charge in [0, 0.05) is 55.2 Å². The van der Waals surface area contributed by atoms with Gasteiger partial charge in [-0.25, -0.2) is 4.79 Å². The van der Waals surface area contributed by atoms with Crippen LogP contribution in [-0.2, 0) is 80.0 Å². The smallest absolute Gasteiger partial charge is 0.326 e. The largest absolute Gasteiger partial charge is 0.508 e. The number of para-hydroxylation sites is 1. The summed E-state index contributed by atoms with van der Waals surface area (Å²) in [6, 6.07) is -6.20. The number of hydrogen-bond donors (Lipinski definition) is 24. The number of aromatic amines is 1. The highest BCUT2D eigenvalue weighted by Crippen LogP contribution is 2.21. The number of nitrogens with zero attached hydrogens (tertiary/aromatic N) is 2. The number of aliphatic hydroxyl groups is 1. The van der Waals surface area contributed by atoms with E-state index in [1.54, 1.807) is 72.0 Å². The lowest BCUT2D eigenvalue weighted by atomic mass is 9.99. The number of amides is 11. The van der Waals surface area contributed by atoms with Crippen molar-refractivity contribution < 1.29 is 92.7 Å². The van der Waals surface area contributed by atoms with Crippen molar-refractivity contribution in [3.8, 4) is 5.75 Å². The molecule has 0 bridgehead atoms. The molecule has 3 rings (SSSR count). The monoisotopic (exact) mass is 1580 g/mol. The lowest BCUT2D eigenvalue weighted by molar-refractivity contribution is -0.147. The molecule has 1 heterocycles. The van der Waals surface area contributed by atoms with Crippen molar-refractivity contribution in [2.75, 3.05) is 25.4 Å². The molecule has 11 amide bonds. The Morgan fingerprint density at radius 3 is 1.31 bits per heavy atom. The van der Waals surface area contributed by atoms with Crippen LogP contribution in [-0.4, -0.2) is 229 Å². The number of aromatic hydroxyl groups is 1. The maximum atomic E-state index is 15.1. The number of thiol groups is 1. The average Bonchev–Trinajstić information content (AvgIpc) is 1.78. The molecule has 39 nitrogen and oxygen atoms in total. The van der Waals surface area contributed by atoms with Gasteiger partial charge in [-0.15, -0.1) is 0 Å². The summed E-state index contributed by atoms with van der Waals surface area (Å²) < 4.78 is 0. The Balaban J connectivity index is 2.14. The van der Waals surface area contributed by atoms with Crippen LogP contribution in [0.1, 0.15) is 137 Å². The van der Waals surface area contributed by atoms with Crippen molar-refractivity contribution in [2.24, 2.45) is 62.1 Å². The van der Waals surface area contributed by atoms with Crippen LogP contribution in [0.4, 0.5) is 0 Å². The third kappa shape index (κ3) is 34.3. The third-order valence-electron chi connectivity index (χ3n) is 17.3. The first-order valence-electron chi connectivity index (χ1n) is 36.4. The second-order valence-electron chi connectivity index (χ2n) is 28.0. The third-order valence-corrected chi connectivity index (χ3v) is 17.7. The number of phenolic OH excluding ortho intramolecular Hbond substituents is 1. The van der Waals surface area contributed by atoms with Gasteiger partial charge >= 0.3 is 17.9 Å². The van der Waals surface area contributed by atoms with E-state index in [1.807, 2.05) is 0 Å². The lowest BCUT2D eigenvalue weighted by Crippen LogP contribution is -2.61. The van der Waals surface area contributed by atoms with Crippen LogP contribution in [0.25, 0.3) is 10.9 Å². The second kappa shape index (κ2) is 47.9. The number of fused-ring (bicyclic) bond motifs is 1. The Labute approximate surface area is 647 Å².